The first-order valence-electron chi connectivity index (χ1n) is 5.48. The van der Waals surface area contributed by atoms with E-state index < -0.39 is 0 Å². The molecule has 0 fully saturated rings. The second kappa shape index (κ2) is 6.52. The Bertz CT molecular complexity index is 501. The molecule has 0 aliphatic carbocycles. The fourth-order valence-electron chi connectivity index (χ4n) is 1.62. The van der Waals surface area contributed by atoms with Crippen LogP contribution in [0.1, 0.15) is 11.1 Å². The monoisotopic (exact) mass is 246 g/mol. The molecule has 0 bridgehead atoms. The summed E-state index contributed by atoms with van der Waals surface area (Å²) in [6.07, 6.45) is 1.61. The number of hydrogen-bond acceptors (Lipinski definition) is 3. The second-order valence-corrected chi connectivity index (χ2v) is 3.59. The van der Waals surface area contributed by atoms with Crippen molar-refractivity contribution in [2.45, 2.75) is 6.92 Å². The molecule has 4 nitrogen and oxygen atoms in total. The van der Waals surface area contributed by atoms with E-state index in [1.54, 1.807) is 27.5 Å². The maximum Gasteiger partial charge on any atom is 0.161 e. The molecule has 1 N–H and O–H groups in total. The van der Waals surface area contributed by atoms with Crippen molar-refractivity contribution in [2.24, 2.45) is 4.99 Å². The van der Waals surface area contributed by atoms with Gasteiger partial charge in [0.15, 0.2) is 11.5 Å². The van der Waals surface area contributed by atoms with Gasteiger partial charge >= 0.3 is 0 Å². The van der Waals surface area contributed by atoms with Crippen LogP contribution in [-0.4, -0.2) is 27.1 Å². The summed E-state index contributed by atoms with van der Waals surface area (Å²) in [6, 6.07) is 3.80. The average molecular weight is 246 g/mol. The largest absolute Gasteiger partial charge is 0.493 e. The first-order valence-corrected chi connectivity index (χ1v) is 5.48. The molecule has 0 spiro atoms. The Balaban J connectivity index is 3.27. The van der Waals surface area contributed by atoms with E-state index in [-0.39, 0.29) is 0 Å². The Morgan fingerprint density at radius 1 is 1.33 bits per heavy atom. The van der Waals surface area contributed by atoms with Gasteiger partial charge in [-0.3, -0.25) is 4.99 Å². The van der Waals surface area contributed by atoms with Crippen LogP contribution < -0.4 is 14.8 Å². The van der Waals surface area contributed by atoms with Crippen molar-refractivity contribution in [2.75, 3.05) is 21.3 Å². The van der Waals surface area contributed by atoms with Crippen molar-refractivity contribution in [1.82, 2.24) is 5.32 Å². The summed E-state index contributed by atoms with van der Waals surface area (Å²) < 4.78 is 10.5. The molecule has 0 amide bonds. The Labute approximate surface area is 108 Å². The van der Waals surface area contributed by atoms with Gasteiger partial charge in [0.25, 0.3) is 0 Å². The molecule has 1 aromatic carbocycles. The van der Waals surface area contributed by atoms with Crippen LogP contribution in [-0.2, 0) is 0 Å². The third kappa shape index (κ3) is 2.93. The highest BCUT2D eigenvalue weighted by Crippen LogP contribution is 2.30. The summed E-state index contributed by atoms with van der Waals surface area (Å²) in [6.45, 7) is 5.49. The average Bonchev–Trinajstić information content (AvgIpc) is 2.40. The number of aryl methyl sites for hydroxylation is 1. The Hall–Kier alpha value is -2.19. The Kier molecular flexibility index (Phi) is 5.03. The van der Waals surface area contributed by atoms with Gasteiger partial charge < -0.3 is 14.8 Å². The lowest BCUT2D eigenvalue weighted by molar-refractivity contribution is 0.354. The van der Waals surface area contributed by atoms with Gasteiger partial charge in [-0.1, -0.05) is 6.58 Å². The van der Waals surface area contributed by atoms with Crippen LogP contribution in [0.3, 0.4) is 0 Å². The zero-order valence-corrected chi connectivity index (χ0v) is 11.2. The van der Waals surface area contributed by atoms with Crippen LogP contribution in [0.2, 0.25) is 0 Å². The van der Waals surface area contributed by atoms with Gasteiger partial charge in [-0.05, 0) is 24.6 Å². The van der Waals surface area contributed by atoms with E-state index in [4.69, 9.17) is 9.47 Å². The number of aliphatic imine (C=N–C) groups is 1. The van der Waals surface area contributed by atoms with E-state index in [1.165, 1.54) is 0 Å². The Morgan fingerprint density at radius 2 is 1.94 bits per heavy atom. The molecule has 0 saturated heterocycles. The van der Waals surface area contributed by atoms with Crippen LogP contribution in [0.4, 0.5) is 0 Å². The summed E-state index contributed by atoms with van der Waals surface area (Å²) in [5.41, 5.74) is 4.64. The van der Waals surface area contributed by atoms with E-state index in [9.17, 15) is 0 Å². The lowest BCUT2D eigenvalue weighted by Gasteiger charge is -2.13. The topological polar surface area (TPSA) is 42.9 Å². The third-order valence-corrected chi connectivity index (χ3v) is 2.52. The first kappa shape index (κ1) is 13.9. The van der Waals surface area contributed by atoms with Gasteiger partial charge in [0, 0.05) is 18.8 Å². The number of ether oxygens (including phenoxy) is 2. The highest BCUT2D eigenvalue weighted by molar-refractivity contribution is 6.01. The number of nitrogens with zero attached hydrogens (tertiary/aromatic N) is 1. The first-order chi connectivity index (χ1) is 8.67. The van der Waals surface area contributed by atoms with Crippen molar-refractivity contribution < 1.29 is 9.47 Å². The lowest BCUT2D eigenvalue weighted by Crippen LogP contribution is -2.19. The van der Waals surface area contributed by atoms with Crippen LogP contribution in [0.15, 0.2) is 35.6 Å². The number of benzene rings is 1. The summed E-state index contributed by atoms with van der Waals surface area (Å²) in [7, 11) is 4.94. The predicted molar refractivity (Wildman–Crippen MR) is 73.6 cm³/mol. The van der Waals surface area contributed by atoms with Gasteiger partial charge in [-0.15, -0.1) is 5.73 Å². The molecule has 4 heteroatoms. The van der Waals surface area contributed by atoms with Crippen molar-refractivity contribution in [3.63, 3.8) is 0 Å². The number of amidine groups is 1. The zero-order chi connectivity index (χ0) is 13.5. The molecule has 96 valence electrons. The normalized spacial score (nSPS) is 10.6. The van der Waals surface area contributed by atoms with Crippen LogP contribution >= 0.6 is 0 Å². The molecule has 0 unspecified atom stereocenters. The molecule has 0 aliphatic heterocycles. The fraction of sp³-hybridized carbons (Fsp3) is 0.286. The molecular weight excluding hydrogens is 228 g/mol. The van der Waals surface area contributed by atoms with Gasteiger partial charge in [0.2, 0.25) is 0 Å². The van der Waals surface area contributed by atoms with Crippen LogP contribution in [0.5, 0.6) is 11.5 Å². The summed E-state index contributed by atoms with van der Waals surface area (Å²) in [5.74, 6) is 2.10. The van der Waals surface area contributed by atoms with E-state index in [2.05, 4.69) is 22.6 Å². The highest BCUT2D eigenvalue weighted by atomic mass is 16.5. The molecule has 1 aromatic rings. The smallest absolute Gasteiger partial charge is 0.161 e. The van der Waals surface area contributed by atoms with E-state index in [1.807, 2.05) is 19.1 Å². The molecule has 0 aromatic heterocycles. The molecule has 0 atom stereocenters. The molecule has 0 heterocycles. The van der Waals surface area contributed by atoms with Crippen molar-refractivity contribution in [1.29, 1.82) is 0 Å². The molecule has 1 rings (SSSR count). The Morgan fingerprint density at radius 3 is 2.44 bits per heavy atom. The fourth-order valence-corrected chi connectivity index (χ4v) is 1.62. The molecule has 18 heavy (non-hydrogen) atoms. The SMILES string of the molecule is C=C=CNC(=NC)c1cc(OC)c(OC)cc1C. The van der Waals surface area contributed by atoms with E-state index in [0.717, 1.165) is 17.0 Å². The number of nitrogens with one attached hydrogen (secondary N) is 1. The highest BCUT2D eigenvalue weighted by Gasteiger charge is 2.11. The van der Waals surface area contributed by atoms with Gasteiger partial charge in [-0.2, -0.15) is 0 Å². The standard InChI is InChI=1S/C14H18N2O2/c1-6-7-16-14(15-3)11-9-13(18-5)12(17-4)8-10(11)2/h7-9H,1H2,2-5H3,(H,15,16). The van der Waals surface area contributed by atoms with Gasteiger partial charge in [0.05, 0.1) is 14.2 Å². The maximum absolute atomic E-state index is 5.29. The van der Waals surface area contributed by atoms with Crippen molar-refractivity contribution in [3.05, 3.63) is 41.8 Å². The zero-order valence-electron chi connectivity index (χ0n) is 11.2. The molecular formula is C14H18N2O2. The number of rotatable bonds is 4. The van der Waals surface area contributed by atoms with Crippen molar-refractivity contribution in [3.8, 4) is 11.5 Å². The van der Waals surface area contributed by atoms with Crippen LogP contribution in [0.25, 0.3) is 0 Å². The van der Waals surface area contributed by atoms with Gasteiger partial charge in [-0.25, -0.2) is 0 Å². The minimum Gasteiger partial charge on any atom is -0.493 e. The maximum atomic E-state index is 5.29. The minimum absolute atomic E-state index is 0.670. The number of hydrogen-bond donors (Lipinski definition) is 1. The molecule has 0 saturated carbocycles. The molecule has 0 aliphatic rings. The van der Waals surface area contributed by atoms with Crippen LogP contribution in [0, 0.1) is 6.92 Å². The van der Waals surface area contributed by atoms with E-state index >= 15 is 0 Å². The minimum atomic E-state index is 0.670. The summed E-state index contributed by atoms with van der Waals surface area (Å²) >= 11 is 0. The summed E-state index contributed by atoms with van der Waals surface area (Å²) in [4.78, 5) is 4.20. The van der Waals surface area contributed by atoms with Gasteiger partial charge in [0.1, 0.15) is 5.84 Å². The number of methoxy groups -OCH3 is 2. The summed E-state index contributed by atoms with van der Waals surface area (Å²) in [5, 5.41) is 3.02. The predicted octanol–water partition coefficient (Wildman–Crippen LogP) is 2.28. The lowest BCUT2D eigenvalue weighted by atomic mass is 10.1. The van der Waals surface area contributed by atoms with E-state index in [0.29, 0.717) is 11.5 Å². The second-order valence-electron chi connectivity index (χ2n) is 3.59. The third-order valence-electron chi connectivity index (χ3n) is 2.52. The molecule has 0 radical (unpaired) electrons. The van der Waals surface area contributed by atoms with Crippen molar-refractivity contribution >= 4 is 5.84 Å². The quantitative estimate of drug-likeness (QED) is 0.503.